The smallest absolute Gasteiger partial charge is 0.254 e. The van der Waals surface area contributed by atoms with Crippen LogP contribution in [0.5, 0.6) is 17.2 Å². The molecule has 1 aliphatic rings. The molecule has 3 aromatic rings. The first-order valence-electron chi connectivity index (χ1n) is 10.6. The third-order valence-corrected chi connectivity index (χ3v) is 5.76. The number of rotatable bonds is 7. The van der Waals surface area contributed by atoms with Gasteiger partial charge in [-0.25, -0.2) is 0 Å². The zero-order valence-corrected chi connectivity index (χ0v) is 18.5. The van der Waals surface area contributed by atoms with E-state index in [0.29, 0.717) is 54.2 Å². The number of carbonyl (C=O) groups is 1. The van der Waals surface area contributed by atoms with Crippen LogP contribution < -0.4 is 14.2 Å². The quantitative estimate of drug-likeness (QED) is 0.555. The van der Waals surface area contributed by atoms with Crippen LogP contribution in [0.25, 0.3) is 11.4 Å². The lowest BCUT2D eigenvalue weighted by atomic mass is 9.93. The standard InChI is InChI=1S/C24H27N3O5/c1-29-19-6-4-5-17(12-19)23-25-22(32-26-23)11-16-7-9-27(10-8-16)24(28)18-13-20(30-2)15-21(14-18)31-3/h4-6,12-16H,7-11H2,1-3H3. The zero-order valence-electron chi connectivity index (χ0n) is 18.5. The summed E-state index contributed by atoms with van der Waals surface area (Å²) in [5, 5.41) is 4.11. The van der Waals surface area contributed by atoms with E-state index in [2.05, 4.69) is 10.1 Å². The normalized spacial score (nSPS) is 14.3. The Morgan fingerprint density at radius 2 is 1.69 bits per heavy atom. The molecule has 1 amide bonds. The number of piperidine rings is 1. The molecule has 1 aliphatic heterocycles. The summed E-state index contributed by atoms with van der Waals surface area (Å²) in [4.78, 5) is 19.4. The van der Waals surface area contributed by atoms with Crippen molar-refractivity contribution in [2.24, 2.45) is 5.92 Å². The number of ether oxygens (including phenoxy) is 3. The van der Waals surface area contributed by atoms with Gasteiger partial charge in [-0.2, -0.15) is 4.98 Å². The van der Waals surface area contributed by atoms with Crippen molar-refractivity contribution in [1.82, 2.24) is 15.0 Å². The van der Waals surface area contributed by atoms with Gasteiger partial charge in [0, 0.05) is 36.7 Å². The Bertz CT molecular complexity index is 1050. The molecule has 1 fully saturated rings. The highest BCUT2D eigenvalue weighted by Crippen LogP contribution is 2.27. The molecule has 0 aliphatic carbocycles. The number of methoxy groups -OCH3 is 3. The summed E-state index contributed by atoms with van der Waals surface area (Å²) in [5.74, 6) is 3.50. The van der Waals surface area contributed by atoms with Crippen molar-refractivity contribution in [3.8, 4) is 28.6 Å². The summed E-state index contributed by atoms with van der Waals surface area (Å²) in [6, 6.07) is 12.8. The van der Waals surface area contributed by atoms with Crippen molar-refractivity contribution in [1.29, 1.82) is 0 Å². The van der Waals surface area contributed by atoms with Crippen molar-refractivity contribution in [2.75, 3.05) is 34.4 Å². The lowest BCUT2D eigenvalue weighted by Crippen LogP contribution is -2.39. The van der Waals surface area contributed by atoms with E-state index in [-0.39, 0.29) is 5.91 Å². The van der Waals surface area contributed by atoms with E-state index in [1.807, 2.05) is 29.2 Å². The molecule has 32 heavy (non-hydrogen) atoms. The van der Waals surface area contributed by atoms with E-state index in [0.717, 1.165) is 24.2 Å². The van der Waals surface area contributed by atoms with Crippen LogP contribution in [0.1, 0.15) is 29.1 Å². The number of hydrogen-bond donors (Lipinski definition) is 0. The highest BCUT2D eigenvalue weighted by molar-refractivity contribution is 5.95. The number of aromatic nitrogens is 2. The summed E-state index contributed by atoms with van der Waals surface area (Å²) in [5.41, 5.74) is 1.42. The van der Waals surface area contributed by atoms with E-state index in [4.69, 9.17) is 18.7 Å². The lowest BCUT2D eigenvalue weighted by molar-refractivity contribution is 0.0686. The monoisotopic (exact) mass is 437 g/mol. The predicted octanol–water partition coefficient (Wildman–Crippen LogP) is 3.86. The van der Waals surface area contributed by atoms with Crippen LogP contribution in [-0.4, -0.2) is 55.4 Å². The Morgan fingerprint density at radius 1 is 1.00 bits per heavy atom. The first-order valence-corrected chi connectivity index (χ1v) is 10.6. The highest BCUT2D eigenvalue weighted by Gasteiger charge is 2.26. The Kier molecular flexibility index (Phi) is 6.58. The second-order valence-corrected chi connectivity index (χ2v) is 7.78. The molecule has 2 aromatic carbocycles. The summed E-state index contributed by atoms with van der Waals surface area (Å²) in [6.45, 7) is 1.36. The lowest BCUT2D eigenvalue weighted by Gasteiger charge is -2.31. The molecule has 4 rings (SSSR count). The van der Waals surface area contributed by atoms with Crippen LogP contribution in [-0.2, 0) is 6.42 Å². The van der Waals surface area contributed by atoms with Crippen molar-refractivity contribution in [3.63, 3.8) is 0 Å². The van der Waals surface area contributed by atoms with Gasteiger partial charge in [-0.15, -0.1) is 0 Å². The molecule has 0 saturated carbocycles. The molecule has 8 heteroatoms. The fourth-order valence-corrected chi connectivity index (χ4v) is 3.92. The number of benzene rings is 2. The van der Waals surface area contributed by atoms with Crippen molar-refractivity contribution in [2.45, 2.75) is 19.3 Å². The molecule has 0 bridgehead atoms. The maximum atomic E-state index is 13.0. The summed E-state index contributed by atoms with van der Waals surface area (Å²) >= 11 is 0. The van der Waals surface area contributed by atoms with Crippen LogP contribution in [0.3, 0.4) is 0 Å². The molecule has 0 unspecified atom stereocenters. The molecule has 168 valence electrons. The van der Waals surface area contributed by atoms with Crippen molar-refractivity contribution in [3.05, 3.63) is 53.9 Å². The molecular weight excluding hydrogens is 410 g/mol. The maximum Gasteiger partial charge on any atom is 0.254 e. The molecule has 0 spiro atoms. The Morgan fingerprint density at radius 3 is 2.34 bits per heavy atom. The average Bonchev–Trinajstić information content (AvgIpc) is 3.32. The fraction of sp³-hybridized carbons (Fsp3) is 0.375. The van der Waals surface area contributed by atoms with Gasteiger partial charge in [0.1, 0.15) is 17.2 Å². The average molecular weight is 437 g/mol. The van der Waals surface area contributed by atoms with Crippen LogP contribution in [0.4, 0.5) is 0 Å². The second kappa shape index (κ2) is 9.72. The van der Waals surface area contributed by atoms with E-state index < -0.39 is 0 Å². The van der Waals surface area contributed by atoms with Gasteiger partial charge in [-0.1, -0.05) is 17.3 Å². The molecule has 1 aromatic heterocycles. The van der Waals surface area contributed by atoms with E-state index in [1.54, 1.807) is 39.5 Å². The summed E-state index contributed by atoms with van der Waals surface area (Å²) in [6.07, 6.45) is 2.46. The Balaban J connectivity index is 1.35. The van der Waals surface area contributed by atoms with Gasteiger partial charge in [-0.05, 0) is 43.0 Å². The number of likely N-dealkylation sites (tertiary alicyclic amines) is 1. The number of nitrogens with zero attached hydrogens (tertiary/aromatic N) is 3. The number of amides is 1. The fourth-order valence-electron chi connectivity index (χ4n) is 3.92. The van der Waals surface area contributed by atoms with Gasteiger partial charge >= 0.3 is 0 Å². The third-order valence-electron chi connectivity index (χ3n) is 5.76. The largest absolute Gasteiger partial charge is 0.497 e. The first kappa shape index (κ1) is 21.7. The summed E-state index contributed by atoms with van der Waals surface area (Å²) < 4.78 is 21.3. The SMILES string of the molecule is COc1cc(OC)cc(C(=O)N2CCC(Cc3nc(-c4cccc(OC)c4)no3)CC2)c1. The van der Waals surface area contributed by atoms with E-state index in [1.165, 1.54) is 0 Å². The first-order chi connectivity index (χ1) is 15.6. The minimum atomic E-state index is -0.0150. The molecule has 0 radical (unpaired) electrons. The van der Waals surface area contributed by atoms with Gasteiger partial charge in [0.25, 0.3) is 5.91 Å². The van der Waals surface area contributed by atoms with Gasteiger partial charge in [0.2, 0.25) is 11.7 Å². The third kappa shape index (κ3) is 4.85. The zero-order chi connectivity index (χ0) is 22.5. The van der Waals surface area contributed by atoms with Gasteiger partial charge in [-0.3, -0.25) is 4.79 Å². The van der Waals surface area contributed by atoms with Crippen LogP contribution >= 0.6 is 0 Å². The maximum absolute atomic E-state index is 13.0. The van der Waals surface area contributed by atoms with Crippen molar-refractivity contribution >= 4 is 5.91 Å². The minimum Gasteiger partial charge on any atom is -0.497 e. The van der Waals surface area contributed by atoms with Crippen LogP contribution in [0, 0.1) is 5.92 Å². The molecule has 0 atom stereocenters. The molecule has 2 heterocycles. The molecule has 1 saturated heterocycles. The van der Waals surface area contributed by atoms with Crippen molar-refractivity contribution < 1.29 is 23.5 Å². The van der Waals surface area contributed by atoms with Gasteiger partial charge < -0.3 is 23.6 Å². The molecule has 8 nitrogen and oxygen atoms in total. The Labute approximate surface area is 187 Å². The van der Waals surface area contributed by atoms with Crippen LogP contribution in [0.2, 0.25) is 0 Å². The molecule has 0 N–H and O–H groups in total. The van der Waals surface area contributed by atoms with E-state index >= 15 is 0 Å². The van der Waals surface area contributed by atoms with Gasteiger partial charge in [0.15, 0.2) is 0 Å². The predicted molar refractivity (Wildman–Crippen MR) is 118 cm³/mol. The number of hydrogen-bond acceptors (Lipinski definition) is 7. The van der Waals surface area contributed by atoms with E-state index in [9.17, 15) is 4.79 Å². The van der Waals surface area contributed by atoms with Gasteiger partial charge in [0.05, 0.1) is 21.3 Å². The minimum absolute atomic E-state index is 0.0150. The topological polar surface area (TPSA) is 86.9 Å². The Hall–Kier alpha value is -3.55. The summed E-state index contributed by atoms with van der Waals surface area (Å²) in [7, 11) is 4.78. The molecular formula is C24H27N3O5. The highest BCUT2D eigenvalue weighted by atomic mass is 16.5. The number of carbonyl (C=O) groups excluding carboxylic acids is 1. The second-order valence-electron chi connectivity index (χ2n) is 7.78. The van der Waals surface area contributed by atoms with Crippen LogP contribution in [0.15, 0.2) is 47.0 Å².